The summed E-state index contributed by atoms with van der Waals surface area (Å²) in [6, 6.07) is 23.0. The van der Waals surface area contributed by atoms with E-state index in [0.29, 0.717) is 27.9 Å². The third kappa shape index (κ3) is 2.93. The van der Waals surface area contributed by atoms with E-state index in [4.69, 9.17) is 19.8 Å². The fourth-order valence-corrected chi connectivity index (χ4v) is 6.04. The third-order valence-electron chi connectivity index (χ3n) is 7.70. The van der Waals surface area contributed by atoms with E-state index >= 15 is 0 Å². The number of rotatable bonds is 2. The number of benzene rings is 7. The molecule has 0 spiro atoms. The smallest absolute Gasteiger partial charge is 0.136 e. The lowest BCUT2D eigenvalue weighted by Gasteiger charge is -2.17. The van der Waals surface area contributed by atoms with Gasteiger partial charge in [-0.2, -0.15) is 0 Å². The standard InChI is InChI=1S/C38H22O2/c1-2-10-23(11-3-1)35-25-12-4-6-14-27(25)36(28-15-7-5-13-26(28)35)24-18-19-30-34(22-24)40-33-21-20-32-37(38(30)33)29-16-8-9-17-31(29)39-32/h1-22H/i4D,5D,6D,7D,12D,13D,14D,15D. The van der Waals surface area contributed by atoms with Gasteiger partial charge < -0.3 is 8.83 Å². The van der Waals surface area contributed by atoms with Crippen molar-refractivity contribution >= 4 is 65.4 Å². The average Bonchev–Trinajstić information content (AvgIpc) is 3.68. The zero-order valence-electron chi connectivity index (χ0n) is 28.9. The Bertz CT molecular complexity index is 2790. The zero-order chi connectivity index (χ0) is 33.2. The molecular formula is C38H22O2. The van der Waals surface area contributed by atoms with E-state index in [1.54, 1.807) is 30.3 Å². The van der Waals surface area contributed by atoms with Gasteiger partial charge in [-0.05, 0) is 74.1 Å². The molecule has 2 nitrogen and oxygen atoms in total. The fourth-order valence-electron chi connectivity index (χ4n) is 6.04. The molecule has 0 N–H and O–H groups in total. The second-order valence-corrected chi connectivity index (χ2v) is 9.84. The van der Waals surface area contributed by atoms with Crippen molar-refractivity contribution in [3.63, 3.8) is 0 Å². The highest BCUT2D eigenvalue weighted by Gasteiger charge is 2.19. The van der Waals surface area contributed by atoms with Crippen LogP contribution in [0.5, 0.6) is 0 Å². The van der Waals surface area contributed by atoms with Crippen molar-refractivity contribution in [3.05, 3.63) is 133 Å². The van der Waals surface area contributed by atoms with Crippen LogP contribution in [0, 0.1) is 0 Å². The van der Waals surface area contributed by atoms with Gasteiger partial charge in [0.15, 0.2) is 0 Å². The normalized spacial score (nSPS) is 14.8. The lowest BCUT2D eigenvalue weighted by molar-refractivity contribution is 0.663. The van der Waals surface area contributed by atoms with Crippen molar-refractivity contribution in [2.75, 3.05) is 0 Å². The lowest BCUT2D eigenvalue weighted by atomic mass is 9.86. The van der Waals surface area contributed by atoms with Gasteiger partial charge >= 0.3 is 0 Å². The molecule has 0 aliphatic heterocycles. The van der Waals surface area contributed by atoms with Crippen LogP contribution in [0.3, 0.4) is 0 Å². The van der Waals surface area contributed by atoms with E-state index in [9.17, 15) is 0 Å². The third-order valence-corrected chi connectivity index (χ3v) is 7.70. The number of para-hydroxylation sites is 1. The molecule has 0 fully saturated rings. The van der Waals surface area contributed by atoms with E-state index in [0.717, 1.165) is 32.7 Å². The summed E-state index contributed by atoms with van der Waals surface area (Å²) >= 11 is 0. The molecule has 9 aromatic rings. The molecule has 0 aliphatic rings. The number of hydrogen-bond acceptors (Lipinski definition) is 2. The summed E-state index contributed by atoms with van der Waals surface area (Å²) < 4.78 is 83.5. The van der Waals surface area contributed by atoms with Crippen molar-refractivity contribution in [1.82, 2.24) is 0 Å². The molecule has 40 heavy (non-hydrogen) atoms. The first-order valence-electron chi connectivity index (χ1n) is 17.0. The van der Waals surface area contributed by atoms with Gasteiger partial charge in [-0.25, -0.2) is 0 Å². The minimum absolute atomic E-state index is 0.163. The first-order valence-corrected chi connectivity index (χ1v) is 13.0. The van der Waals surface area contributed by atoms with Crippen LogP contribution < -0.4 is 0 Å². The highest BCUT2D eigenvalue weighted by atomic mass is 16.3. The largest absolute Gasteiger partial charge is 0.456 e. The Morgan fingerprint density at radius 1 is 0.400 bits per heavy atom. The van der Waals surface area contributed by atoms with E-state index < -0.39 is 24.2 Å². The molecule has 0 unspecified atom stereocenters. The molecule has 2 aromatic heterocycles. The Labute approximate surface area is 240 Å². The quantitative estimate of drug-likeness (QED) is 0.213. The van der Waals surface area contributed by atoms with Crippen molar-refractivity contribution in [2.45, 2.75) is 0 Å². The summed E-state index contributed by atoms with van der Waals surface area (Å²) in [5.41, 5.74) is 4.27. The first kappa shape index (κ1) is 15.3. The molecule has 0 radical (unpaired) electrons. The molecule has 0 saturated carbocycles. The highest BCUT2D eigenvalue weighted by Crippen LogP contribution is 2.45. The molecule has 0 aliphatic carbocycles. The molecule has 0 bridgehead atoms. The van der Waals surface area contributed by atoms with E-state index in [2.05, 4.69) is 0 Å². The summed E-state index contributed by atoms with van der Waals surface area (Å²) in [7, 11) is 0. The summed E-state index contributed by atoms with van der Waals surface area (Å²) in [5, 5.41) is 4.23. The van der Waals surface area contributed by atoms with Crippen LogP contribution >= 0.6 is 0 Å². The number of fused-ring (bicyclic) bond motifs is 9. The molecule has 2 heteroatoms. The van der Waals surface area contributed by atoms with Gasteiger partial charge in [0.25, 0.3) is 0 Å². The van der Waals surface area contributed by atoms with E-state index in [1.165, 1.54) is 0 Å². The molecule has 9 rings (SSSR count). The van der Waals surface area contributed by atoms with Crippen LogP contribution in [-0.4, -0.2) is 0 Å². The molecule has 7 aromatic carbocycles. The fraction of sp³-hybridized carbons (Fsp3) is 0. The van der Waals surface area contributed by atoms with Crippen LogP contribution in [0.25, 0.3) is 87.7 Å². The van der Waals surface area contributed by atoms with Crippen LogP contribution in [0.15, 0.2) is 142 Å². The first-order chi connectivity index (χ1) is 23.2. The van der Waals surface area contributed by atoms with Gasteiger partial charge in [-0.3, -0.25) is 0 Å². The van der Waals surface area contributed by atoms with Crippen LogP contribution in [-0.2, 0) is 0 Å². The number of hydrogen-bond donors (Lipinski definition) is 0. The van der Waals surface area contributed by atoms with Crippen molar-refractivity contribution in [3.8, 4) is 22.3 Å². The summed E-state index contributed by atoms with van der Waals surface area (Å²) in [4.78, 5) is 0. The Hall–Kier alpha value is -5.34. The van der Waals surface area contributed by atoms with Crippen LogP contribution in [0.2, 0.25) is 0 Å². The maximum absolute atomic E-state index is 9.15. The molecule has 0 atom stereocenters. The van der Waals surface area contributed by atoms with Gasteiger partial charge in [-0.15, -0.1) is 0 Å². The maximum Gasteiger partial charge on any atom is 0.136 e. The monoisotopic (exact) mass is 518 g/mol. The highest BCUT2D eigenvalue weighted by molar-refractivity contribution is 6.26. The van der Waals surface area contributed by atoms with Crippen molar-refractivity contribution < 1.29 is 19.8 Å². The van der Waals surface area contributed by atoms with Gasteiger partial charge in [0.1, 0.15) is 22.3 Å². The SMILES string of the molecule is [2H]c1c([2H])c([2H])c2c(-c3ccc4c(c3)oc3ccc5oc6ccccc6c5c34)c3c([2H])c([2H])c([2H])c([2H])c3c(-c3ccccc3)c2c1[2H]. The topological polar surface area (TPSA) is 26.3 Å². The summed E-state index contributed by atoms with van der Waals surface area (Å²) in [6.07, 6.45) is 0. The lowest BCUT2D eigenvalue weighted by Crippen LogP contribution is -1.90. The molecule has 0 amide bonds. The molecule has 186 valence electrons. The molecule has 0 saturated heterocycles. The minimum atomic E-state index is -0.438. The average molecular weight is 519 g/mol. The zero-order valence-corrected chi connectivity index (χ0v) is 20.9. The van der Waals surface area contributed by atoms with Crippen LogP contribution in [0.4, 0.5) is 0 Å². The molecular weight excluding hydrogens is 488 g/mol. The van der Waals surface area contributed by atoms with Crippen LogP contribution in [0.1, 0.15) is 11.0 Å². The molecule has 2 heterocycles. The maximum atomic E-state index is 9.15. The summed E-state index contributed by atoms with van der Waals surface area (Å²) in [5.74, 6) is 0. The van der Waals surface area contributed by atoms with Crippen molar-refractivity contribution in [1.29, 1.82) is 0 Å². The Morgan fingerprint density at radius 2 is 0.925 bits per heavy atom. The Kier molecular flexibility index (Phi) is 3.09. The van der Waals surface area contributed by atoms with Crippen molar-refractivity contribution in [2.24, 2.45) is 0 Å². The van der Waals surface area contributed by atoms with Gasteiger partial charge in [0, 0.05) is 21.5 Å². The van der Waals surface area contributed by atoms with E-state index in [1.807, 2.05) is 54.6 Å². The predicted molar refractivity (Wildman–Crippen MR) is 167 cm³/mol. The van der Waals surface area contributed by atoms with Gasteiger partial charge in [0.2, 0.25) is 0 Å². The second-order valence-electron chi connectivity index (χ2n) is 9.84. The summed E-state index contributed by atoms with van der Waals surface area (Å²) in [6.45, 7) is 0. The van der Waals surface area contributed by atoms with Gasteiger partial charge in [-0.1, -0.05) is 103 Å². The number of furan rings is 2. The van der Waals surface area contributed by atoms with E-state index in [-0.39, 0.29) is 51.3 Å². The Balaban J connectivity index is 1.49. The Morgan fingerprint density at radius 3 is 1.57 bits per heavy atom. The minimum Gasteiger partial charge on any atom is -0.456 e. The second kappa shape index (κ2) is 8.08. The predicted octanol–water partition coefficient (Wildman–Crippen LogP) is 11.1. The van der Waals surface area contributed by atoms with Gasteiger partial charge in [0.05, 0.1) is 11.0 Å².